The van der Waals surface area contributed by atoms with Crippen LogP contribution in [-0.4, -0.2) is 16.5 Å². The van der Waals surface area contributed by atoms with Crippen LogP contribution in [0.3, 0.4) is 0 Å². The van der Waals surface area contributed by atoms with Crippen molar-refractivity contribution in [2.45, 2.75) is 33.6 Å². The van der Waals surface area contributed by atoms with Crippen LogP contribution in [0.15, 0.2) is 15.0 Å². The highest BCUT2D eigenvalue weighted by atomic mass is 79.9. The summed E-state index contributed by atoms with van der Waals surface area (Å²) in [5, 5.41) is 3.30. The Hall–Kier alpha value is -0.460. The Bertz CT molecular complexity index is 604. The maximum Gasteiger partial charge on any atom is 0.171 e. The van der Waals surface area contributed by atoms with E-state index in [0.717, 1.165) is 37.7 Å². The van der Waals surface area contributed by atoms with E-state index < -0.39 is 0 Å². The Kier molecular flexibility index (Phi) is 5.20. The average molecular weight is 419 g/mol. The lowest BCUT2D eigenvalue weighted by Gasteiger charge is -2.13. The highest BCUT2D eigenvalue weighted by molar-refractivity contribution is 9.11. The topological polar surface area (TPSA) is 37.8 Å². The van der Waals surface area contributed by atoms with Gasteiger partial charge in [-0.1, -0.05) is 13.8 Å². The first kappa shape index (κ1) is 15.9. The van der Waals surface area contributed by atoms with Gasteiger partial charge in [-0.15, -0.1) is 11.3 Å². The van der Waals surface area contributed by atoms with Crippen LogP contribution in [0, 0.1) is 6.92 Å². The van der Waals surface area contributed by atoms with Gasteiger partial charge in [-0.3, -0.25) is 0 Å². The van der Waals surface area contributed by atoms with Crippen molar-refractivity contribution in [1.82, 2.24) is 9.97 Å². The minimum absolute atomic E-state index is 0.341. The second kappa shape index (κ2) is 6.54. The minimum Gasteiger partial charge on any atom is -0.369 e. The van der Waals surface area contributed by atoms with Crippen molar-refractivity contribution in [1.29, 1.82) is 0 Å². The molecule has 0 spiro atoms. The summed E-state index contributed by atoms with van der Waals surface area (Å²) in [6.45, 7) is 9.27. The Morgan fingerprint density at radius 3 is 2.50 bits per heavy atom. The van der Waals surface area contributed by atoms with E-state index in [9.17, 15) is 0 Å². The fourth-order valence-corrected chi connectivity index (χ4v) is 4.06. The zero-order valence-corrected chi connectivity index (χ0v) is 15.9. The summed E-state index contributed by atoms with van der Waals surface area (Å²) < 4.78 is 2.07. The van der Waals surface area contributed by atoms with Crippen molar-refractivity contribution in [3.8, 4) is 10.7 Å². The number of hydrogen-bond donors (Lipinski definition) is 1. The average Bonchev–Trinajstić information content (AvgIpc) is 2.72. The van der Waals surface area contributed by atoms with Crippen molar-refractivity contribution >= 4 is 49.0 Å². The van der Waals surface area contributed by atoms with Crippen molar-refractivity contribution in [3.63, 3.8) is 0 Å². The van der Waals surface area contributed by atoms with Crippen molar-refractivity contribution in [2.75, 3.05) is 11.9 Å². The molecule has 2 rings (SSSR count). The van der Waals surface area contributed by atoms with Gasteiger partial charge in [0.15, 0.2) is 5.82 Å². The summed E-state index contributed by atoms with van der Waals surface area (Å²) in [5.74, 6) is 1.99. The quantitative estimate of drug-likeness (QED) is 0.702. The minimum atomic E-state index is 0.341. The van der Waals surface area contributed by atoms with Gasteiger partial charge in [0.2, 0.25) is 0 Å². The van der Waals surface area contributed by atoms with E-state index in [1.54, 1.807) is 11.3 Å². The number of nitrogens with zero attached hydrogens (tertiary/aromatic N) is 2. The number of aromatic nitrogens is 2. The van der Waals surface area contributed by atoms with Crippen molar-refractivity contribution < 1.29 is 0 Å². The van der Waals surface area contributed by atoms with Gasteiger partial charge in [0.25, 0.3) is 0 Å². The van der Waals surface area contributed by atoms with Gasteiger partial charge >= 0.3 is 0 Å². The maximum absolute atomic E-state index is 4.73. The molecule has 2 aromatic heterocycles. The molecule has 20 heavy (non-hydrogen) atoms. The highest BCUT2D eigenvalue weighted by Gasteiger charge is 2.17. The molecule has 108 valence electrons. The van der Waals surface area contributed by atoms with Gasteiger partial charge in [-0.05, 0) is 57.7 Å². The van der Waals surface area contributed by atoms with Crippen LogP contribution in [0.4, 0.5) is 5.82 Å². The van der Waals surface area contributed by atoms with Gasteiger partial charge in [-0.25, -0.2) is 9.97 Å². The first-order valence-corrected chi connectivity index (χ1v) is 8.91. The second-order valence-corrected chi connectivity index (χ2v) is 7.70. The Balaban J connectivity index is 2.58. The van der Waals surface area contributed by atoms with E-state index in [-0.39, 0.29) is 0 Å². The zero-order valence-electron chi connectivity index (χ0n) is 11.9. The Labute approximate surface area is 140 Å². The standard InChI is InChI=1S/C14H17Br2N3S/c1-5-17-14-11(16)12(7(2)3)18-13(19-14)10-6-9(15)8(4)20-10/h6-7H,5H2,1-4H3,(H,17,18,19). The smallest absolute Gasteiger partial charge is 0.171 e. The van der Waals surface area contributed by atoms with Crippen LogP contribution in [-0.2, 0) is 0 Å². The number of hydrogen-bond acceptors (Lipinski definition) is 4. The lowest BCUT2D eigenvalue weighted by atomic mass is 10.1. The summed E-state index contributed by atoms with van der Waals surface area (Å²) in [6.07, 6.45) is 0. The molecule has 6 heteroatoms. The number of aryl methyl sites for hydroxylation is 1. The van der Waals surface area contributed by atoms with Gasteiger partial charge in [0.1, 0.15) is 5.82 Å². The van der Waals surface area contributed by atoms with E-state index >= 15 is 0 Å². The summed E-state index contributed by atoms with van der Waals surface area (Å²) in [7, 11) is 0. The molecule has 0 saturated heterocycles. The second-order valence-electron chi connectivity index (χ2n) is 4.79. The van der Waals surface area contributed by atoms with E-state index in [4.69, 9.17) is 4.98 Å². The fourth-order valence-electron chi connectivity index (χ4n) is 1.81. The van der Waals surface area contributed by atoms with Crippen LogP contribution in [0.1, 0.15) is 37.3 Å². The molecule has 0 fully saturated rings. The molecule has 1 N–H and O–H groups in total. The predicted molar refractivity (Wildman–Crippen MR) is 93.7 cm³/mol. The van der Waals surface area contributed by atoms with Crippen LogP contribution in [0.25, 0.3) is 10.7 Å². The number of halogens is 2. The predicted octanol–water partition coefficient (Wildman–Crippen LogP) is 5.59. The van der Waals surface area contributed by atoms with Gasteiger partial charge in [0, 0.05) is 15.9 Å². The van der Waals surface area contributed by atoms with Crippen LogP contribution in [0.5, 0.6) is 0 Å². The number of nitrogens with one attached hydrogen (secondary N) is 1. The molecule has 2 heterocycles. The Morgan fingerprint density at radius 1 is 1.30 bits per heavy atom. The summed E-state index contributed by atoms with van der Waals surface area (Å²) >= 11 is 8.88. The van der Waals surface area contributed by atoms with Gasteiger partial charge < -0.3 is 5.32 Å². The summed E-state index contributed by atoms with van der Waals surface area (Å²) in [6, 6.07) is 2.09. The molecule has 0 unspecified atom stereocenters. The molecule has 3 nitrogen and oxygen atoms in total. The van der Waals surface area contributed by atoms with Gasteiger partial charge in [0.05, 0.1) is 15.0 Å². The molecule has 0 bridgehead atoms. The van der Waals surface area contributed by atoms with Gasteiger partial charge in [-0.2, -0.15) is 0 Å². The molecular formula is C14H17Br2N3S. The van der Waals surface area contributed by atoms with E-state index in [2.05, 4.69) is 75.9 Å². The number of thiophene rings is 1. The molecule has 0 radical (unpaired) electrons. The molecular weight excluding hydrogens is 402 g/mol. The highest BCUT2D eigenvalue weighted by Crippen LogP contribution is 2.36. The van der Waals surface area contributed by atoms with Crippen molar-refractivity contribution in [3.05, 3.63) is 25.6 Å². The molecule has 0 aliphatic heterocycles. The largest absolute Gasteiger partial charge is 0.369 e. The molecule has 0 saturated carbocycles. The summed E-state index contributed by atoms with van der Waals surface area (Å²) in [5.41, 5.74) is 1.04. The molecule has 0 aliphatic carbocycles. The molecule has 2 aromatic rings. The van der Waals surface area contributed by atoms with Crippen LogP contribution >= 0.6 is 43.2 Å². The molecule has 0 aromatic carbocycles. The number of anilines is 1. The van der Waals surface area contributed by atoms with E-state index in [0.29, 0.717) is 5.92 Å². The third-order valence-corrected chi connectivity index (χ3v) is 5.76. The van der Waals surface area contributed by atoms with Crippen LogP contribution in [0.2, 0.25) is 0 Å². The van der Waals surface area contributed by atoms with Crippen molar-refractivity contribution in [2.24, 2.45) is 0 Å². The third-order valence-electron chi connectivity index (χ3n) is 2.85. The van der Waals surface area contributed by atoms with Crippen LogP contribution < -0.4 is 5.32 Å². The SMILES string of the molecule is CCNc1nc(-c2cc(Br)c(C)s2)nc(C(C)C)c1Br. The first-order valence-electron chi connectivity index (χ1n) is 6.51. The lowest BCUT2D eigenvalue weighted by molar-refractivity contribution is 0.810. The third kappa shape index (κ3) is 3.23. The van der Waals surface area contributed by atoms with E-state index in [1.165, 1.54) is 4.88 Å². The lowest BCUT2D eigenvalue weighted by Crippen LogP contribution is -2.06. The first-order chi connectivity index (χ1) is 9.43. The fraction of sp³-hybridized carbons (Fsp3) is 0.429. The number of rotatable bonds is 4. The molecule has 0 atom stereocenters. The molecule has 0 amide bonds. The molecule has 0 aliphatic rings. The maximum atomic E-state index is 4.73. The monoisotopic (exact) mass is 417 g/mol. The summed E-state index contributed by atoms with van der Waals surface area (Å²) in [4.78, 5) is 11.7. The van der Waals surface area contributed by atoms with E-state index in [1.807, 2.05) is 0 Å². The zero-order chi connectivity index (χ0) is 14.9. The normalized spacial score (nSPS) is 11.2. The Morgan fingerprint density at radius 2 is 2.00 bits per heavy atom.